The fourth-order valence-corrected chi connectivity index (χ4v) is 2.70. The zero-order chi connectivity index (χ0) is 12.5. The summed E-state index contributed by atoms with van der Waals surface area (Å²) in [5.41, 5.74) is 9.03. The van der Waals surface area contributed by atoms with Gasteiger partial charge in [0.15, 0.2) is 0 Å². The van der Waals surface area contributed by atoms with Crippen LogP contribution in [0.15, 0.2) is 35.0 Å². The first-order chi connectivity index (χ1) is 8.79. The molecule has 0 bridgehead atoms. The fraction of sp³-hybridized carbons (Fsp3) is 0.154. The molecule has 0 aliphatic heterocycles. The van der Waals surface area contributed by atoms with Crippen molar-refractivity contribution in [2.75, 3.05) is 12.8 Å². The predicted octanol–water partition coefficient (Wildman–Crippen LogP) is 2.74. The third kappa shape index (κ3) is 1.73. The van der Waals surface area contributed by atoms with Gasteiger partial charge in [0.1, 0.15) is 11.3 Å². The van der Waals surface area contributed by atoms with Gasteiger partial charge in [-0.15, -0.1) is 0 Å². The second kappa shape index (κ2) is 4.34. The average Bonchev–Trinajstić information content (AvgIpc) is 2.99. The van der Waals surface area contributed by atoms with Crippen LogP contribution >= 0.6 is 11.3 Å². The monoisotopic (exact) mass is 259 g/mol. The lowest BCUT2D eigenvalue weighted by atomic mass is 10.3. The van der Waals surface area contributed by atoms with E-state index < -0.39 is 0 Å². The molecular weight excluding hydrogens is 246 g/mol. The van der Waals surface area contributed by atoms with Gasteiger partial charge in [0.05, 0.1) is 19.2 Å². The van der Waals surface area contributed by atoms with Crippen LogP contribution in [-0.4, -0.2) is 16.7 Å². The molecule has 0 amide bonds. The highest BCUT2D eigenvalue weighted by atomic mass is 32.1. The van der Waals surface area contributed by atoms with E-state index in [1.807, 2.05) is 22.8 Å². The molecule has 0 radical (unpaired) electrons. The zero-order valence-corrected chi connectivity index (χ0v) is 10.8. The van der Waals surface area contributed by atoms with Gasteiger partial charge in [-0.2, -0.15) is 11.3 Å². The number of nitrogens with two attached hydrogens (primary N) is 1. The molecule has 1 aromatic carbocycles. The van der Waals surface area contributed by atoms with Crippen LogP contribution in [0.25, 0.3) is 11.0 Å². The van der Waals surface area contributed by atoms with Gasteiger partial charge in [-0.3, -0.25) is 0 Å². The smallest absolute Gasteiger partial charge is 0.201 e. The van der Waals surface area contributed by atoms with Crippen molar-refractivity contribution in [2.24, 2.45) is 0 Å². The minimum absolute atomic E-state index is 0.515. The normalized spacial score (nSPS) is 10.9. The van der Waals surface area contributed by atoms with Crippen molar-refractivity contribution >= 4 is 28.3 Å². The van der Waals surface area contributed by atoms with Crippen molar-refractivity contribution in [3.63, 3.8) is 0 Å². The summed E-state index contributed by atoms with van der Waals surface area (Å²) in [4.78, 5) is 4.38. The van der Waals surface area contributed by atoms with Crippen molar-refractivity contribution in [1.82, 2.24) is 9.55 Å². The number of hydrogen-bond donors (Lipinski definition) is 1. The molecule has 0 spiro atoms. The highest BCUT2D eigenvalue weighted by Crippen LogP contribution is 2.27. The van der Waals surface area contributed by atoms with Crippen LogP contribution < -0.4 is 10.5 Å². The molecule has 92 valence electrons. The molecule has 5 heteroatoms. The predicted molar refractivity (Wildman–Crippen MR) is 74.1 cm³/mol. The van der Waals surface area contributed by atoms with Crippen molar-refractivity contribution in [2.45, 2.75) is 6.54 Å². The van der Waals surface area contributed by atoms with Crippen LogP contribution in [0.1, 0.15) is 5.56 Å². The molecule has 0 unspecified atom stereocenters. The van der Waals surface area contributed by atoms with E-state index in [0.29, 0.717) is 5.95 Å². The first-order valence-corrected chi connectivity index (χ1v) is 6.53. The van der Waals surface area contributed by atoms with Crippen LogP contribution in [0.3, 0.4) is 0 Å². The third-order valence-corrected chi connectivity index (χ3v) is 3.64. The van der Waals surface area contributed by atoms with Gasteiger partial charge < -0.3 is 15.0 Å². The Bertz CT molecular complexity index is 673. The molecule has 4 nitrogen and oxygen atoms in total. The molecule has 0 saturated heterocycles. The largest absolute Gasteiger partial charge is 0.494 e. The van der Waals surface area contributed by atoms with Crippen molar-refractivity contribution in [3.8, 4) is 5.75 Å². The van der Waals surface area contributed by atoms with E-state index in [1.54, 1.807) is 18.4 Å². The van der Waals surface area contributed by atoms with Gasteiger partial charge in [-0.1, -0.05) is 6.07 Å². The molecule has 0 fully saturated rings. The summed E-state index contributed by atoms with van der Waals surface area (Å²) in [6, 6.07) is 7.94. The molecule has 0 aliphatic carbocycles. The Morgan fingerprint density at radius 1 is 1.39 bits per heavy atom. The number of benzene rings is 1. The van der Waals surface area contributed by atoms with E-state index in [4.69, 9.17) is 10.5 Å². The molecule has 3 rings (SSSR count). The van der Waals surface area contributed by atoms with Gasteiger partial charge in [0, 0.05) is 0 Å². The lowest BCUT2D eigenvalue weighted by molar-refractivity contribution is 0.419. The standard InChI is InChI=1S/C13H13N3OS/c1-17-11-4-2-3-10-12(11)15-13(14)16(10)7-9-5-6-18-8-9/h2-6,8H,7H2,1H3,(H2,14,15). The van der Waals surface area contributed by atoms with Crippen molar-refractivity contribution in [3.05, 3.63) is 40.6 Å². The molecule has 2 N–H and O–H groups in total. The molecule has 3 aromatic rings. The number of methoxy groups -OCH3 is 1. The Hall–Kier alpha value is -2.01. The van der Waals surface area contributed by atoms with E-state index in [1.165, 1.54) is 5.56 Å². The van der Waals surface area contributed by atoms with Crippen LogP contribution in [0.4, 0.5) is 5.95 Å². The first kappa shape index (κ1) is 11.1. The summed E-state index contributed by atoms with van der Waals surface area (Å²) >= 11 is 1.68. The Morgan fingerprint density at radius 3 is 3.00 bits per heavy atom. The number of nitrogen functional groups attached to an aromatic ring is 1. The van der Waals surface area contributed by atoms with Crippen molar-refractivity contribution in [1.29, 1.82) is 0 Å². The molecule has 2 aromatic heterocycles. The molecule has 2 heterocycles. The summed E-state index contributed by atoms with van der Waals surface area (Å²) in [6.45, 7) is 0.735. The number of thiophene rings is 1. The van der Waals surface area contributed by atoms with Gasteiger partial charge in [0.2, 0.25) is 5.95 Å². The summed E-state index contributed by atoms with van der Waals surface area (Å²) in [7, 11) is 1.64. The maximum absolute atomic E-state index is 5.99. The van der Waals surface area contributed by atoms with Gasteiger partial charge >= 0.3 is 0 Å². The number of imidazole rings is 1. The number of nitrogens with zero attached hydrogens (tertiary/aromatic N) is 2. The molecular formula is C13H13N3OS. The molecule has 0 saturated carbocycles. The van der Waals surface area contributed by atoms with E-state index in [2.05, 4.69) is 21.8 Å². The number of ether oxygens (including phenoxy) is 1. The average molecular weight is 259 g/mol. The number of para-hydroxylation sites is 1. The lowest BCUT2D eigenvalue weighted by Gasteiger charge is -2.05. The number of aromatic nitrogens is 2. The number of fused-ring (bicyclic) bond motifs is 1. The quantitative estimate of drug-likeness (QED) is 0.787. The highest BCUT2D eigenvalue weighted by Gasteiger charge is 2.12. The maximum atomic E-state index is 5.99. The summed E-state index contributed by atoms with van der Waals surface area (Å²) < 4.78 is 7.30. The van der Waals surface area contributed by atoms with E-state index in [0.717, 1.165) is 23.3 Å². The Kier molecular flexibility index (Phi) is 2.68. The Balaban J connectivity index is 2.14. The van der Waals surface area contributed by atoms with E-state index in [-0.39, 0.29) is 0 Å². The van der Waals surface area contributed by atoms with Crippen LogP contribution in [0.5, 0.6) is 5.75 Å². The van der Waals surface area contributed by atoms with Gasteiger partial charge in [-0.05, 0) is 34.5 Å². The fourth-order valence-electron chi connectivity index (χ4n) is 2.04. The molecule has 0 aliphatic rings. The second-order valence-corrected chi connectivity index (χ2v) is 4.80. The number of rotatable bonds is 3. The minimum atomic E-state index is 0.515. The zero-order valence-electron chi connectivity index (χ0n) is 9.96. The lowest BCUT2D eigenvalue weighted by Crippen LogP contribution is -2.03. The molecule has 18 heavy (non-hydrogen) atoms. The minimum Gasteiger partial charge on any atom is -0.494 e. The van der Waals surface area contributed by atoms with E-state index in [9.17, 15) is 0 Å². The number of anilines is 1. The topological polar surface area (TPSA) is 53.1 Å². The SMILES string of the molecule is COc1cccc2c1nc(N)n2Cc1ccsc1. The highest BCUT2D eigenvalue weighted by molar-refractivity contribution is 7.07. The second-order valence-electron chi connectivity index (χ2n) is 4.02. The van der Waals surface area contributed by atoms with Crippen molar-refractivity contribution < 1.29 is 4.74 Å². The first-order valence-electron chi connectivity index (χ1n) is 5.59. The molecule has 0 atom stereocenters. The van der Waals surface area contributed by atoms with E-state index >= 15 is 0 Å². The van der Waals surface area contributed by atoms with Gasteiger partial charge in [0.25, 0.3) is 0 Å². The summed E-state index contributed by atoms with van der Waals surface area (Å²) in [6.07, 6.45) is 0. The third-order valence-electron chi connectivity index (χ3n) is 2.91. The summed E-state index contributed by atoms with van der Waals surface area (Å²) in [5, 5.41) is 4.18. The maximum Gasteiger partial charge on any atom is 0.201 e. The van der Waals surface area contributed by atoms with Gasteiger partial charge in [-0.25, -0.2) is 4.98 Å². The Morgan fingerprint density at radius 2 is 2.28 bits per heavy atom. The van der Waals surface area contributed by atoms with Crippen LogP contribution in [-0.2, 0) is 6.54 Å². The number of hydrogen-bond acceptors (Lipinski definition) is 4. The Labute approximate surface area is 109 Å². The summed E-state index contributed by atoms with van der Waals surface area (Å²) in [5.74, 6) is 1.27. The van der Waals surface area contributed by atoms with Crippen LogP contribution in [0.2, 0.25) is 0 Å². The van der Waals surface area contributed by atoms with Crippen LogP contribution in [0, 0.1) is 0 Å².